The Morgan fingerprint density at radius 1 is 0.947 bits per heavy atom. The smallest absolute Gasteiger partial charge is 0.342 e. The zero-order valence-corrected chi connectivity index (χ0v) is 12.3. The minimum atomic E-state index is -1.60. The van der Waals surface area contributed by atoms with E-state index in [1.165, 1.54) is 38.5 Å². The molecule has 112 valence electrons. The molecule has 0 aliphatic rings. The van der Waals surface area contributed by atoms with Gasteiger partial charge in [-0.15, -0.1) is 0 Å². The summed E-state index contributed by atoms with van der Waals surface area (Å²) in [5, 5.41) is 9.29. The van der Waals surface area contributed by atoms with E-state index in [1.807, 2.05) is 0 Å². The Labute approximate surface area is 116 Å². The summed E-state index contributed by atoms with van der Waals surface area (Å²) >= 11 is 0. The highest BCUT2D eigenvalue weighted by atomic mass is 16.5. The van der Waals surface area contributed by atoms with Crippen molar-refractivity contribution in [1.29, 1.82) is 0 Å². The summed E-state index contributed by atoms with van der Waals surface area (Å²) in [6.45, 7) is 2.21. The Hall–Kier alpha value is -0.900. The van der Waals surface area contributed by atoms with Crippen LogP contribution in [0.3, 0.4) is 0 Å². The normalized spacial score (nSPS) is 12.2. The number of methoxy groups -OCH3 is 1. The first-order valence-electron chi connectivity index (χ1n) is 7.42. The third-order valence-electron chi connectivity index (χ3n) is 3.26. The van der Waals surface area contributed by atoms with Gasteiger partial charge in [-0.3, -0.25) is 4.79 Å². The van der Waals surface area contributed by atoms with Gasteiger partial charge in [0.1, 0.15) is 0 Å². The highest BCUT2D eigenvalue weighted by molar-refractivity contribution is 6.01. The van der Waals surface area contributed by atoms with E-state index in [4.69, 9.17) is 0 Å². The minimum Gasteiger partial charge on any atom is -0.467 e. The van der Waals surface area contributed by atoms with Crippen molar-refractivity contribution in [2.45, 2.75) is 77.2 Å². The minimum absolute atomic E-state index is 0.256. The second kappa shape index (κ2) is 12.2. The van der Waals surface area contributed by atoms with E-state index in [0.717, 1.165) is 26.4 Å². The maximum Gasteiger partial charge on any atom is 0.342 e. The molecule has 4 nitrogen and oxygen atoms in total. The number of carbonyl (C=O) groups excluding carboxylic acids is 2. The molecule has 0 fully saturated rings. The Morgan fingerprint density at radius 2 is 1.42 bits per heavy atom. The Balaban J connectivity index is 3.39. The predicted molar refractivity (Wildman–Crippen MR) is 74.9 cm³/mol. The van der Waals surface area contributed by atoms with Gasteiger partial charge >= 0.3 is 5.97 Å². The van der Waals surface area contributed by atoms with Gasteiger partial charge in [-0.2, -0.15) is 0 Å². The van der Waals surface area contributed by atoms with E-state index in [-0.39, 0.29) is 6.42 Å². The van der Waals surface area contributed by atoms with Crippen molar-refractivity contribution in [2.24, 2.45) is 0 Å². The number of carbonyl (C=O) groups is 2. The van der Waals surface area contributed by atoms with Gasteiger partial charge in [0.25, 0.3) is 0 Å². The number of hydrogen-bond acceptors (Lipinski definition) is 4. The van der Waals surface area contributed by atoms with Gasteiger partial charge in [0.2, 0.25) is 6.10 Å². The summed E-state index contributed by atoms with van der Waals surface area (Å²) < 4.78 is 4.31. The third kappa shape index (κ3) is 9.65. The van der Waals surface area contributed by atoms with Crippen LogP contribution in [0.4, 0.5) is 0 Å². The van der Waals surface area contributed by atoms with Crippen molar-refractivity contribution in [3.8, 4) is 0 Å². The van der Waals surface area contributed by atoms with Gasteiger partial charge in [0.15, 0.2) is 5.78 Å². The van der Waals surface area contributed by atoms with Crippen LogP contribution in [0.5, 0.6) is 0 Å². The fourth-order valence-electron chi connectivity index (χ4n) is 1.99. The quantitative estimate of drug-likeness (QED) is 0.337. The van der Waals surface area contributed by atoms with E-state index in [0.29, 0.717) is 0 Å². The van der Waals surface area contributed by atoms with E-state index >= 15 is 0 Å². The Morgan fingerprint density at radius 3 is 1.89 bits per heavy atom. The Kier molecular flexibility index (Phi) is 11.6. The molecule has 19 heavy (non-hydrogen) atoms. The van der Waals surface area contributed by atoms with E-state index < -0.39 is 17.9 Å². The standard InChI is InChI=1S/C15H28O4/c1-3-4-5-6-7-8-9-10-11-12-13(16)14(17)15(18)19-2/h14,17H,3-12H2,1-2H3. The highest BCUT2D eigenvalue weighted by Crippen LogP contribution is 2.11. The molecule has 0 amide bonds. The predicted octanol–water partition coefficient (Wildman–Crippen LogP) is 3.01. The van der Waals surface area contributed by atoms with Crippen LogP contribution in [-0.2, 0) is 14.3 Å². The number of hydrogen-bond donors (Lipinski definition) is 1. The molecule has 1 atom stereocenters. The van der Waals surface area contributed by atoms with Crippen molar-refractivity contribution in [3.05, 3.63) is 0 Å². The molecule has 0 saturated heterocycles. The molecule has 0 saturated carbocycles. The van der Waals surface area contributed by atoms with E-state index in [2.05, 4.69) is 11.7 Å². The van der Waals surface area contributed by atoms with Crippen molar-refractivity contribution in [2.75, 3.05) is 7.11 Å². The number of ketones is 1. The molecule has 1 unspecified atom stereocenters. The lowest BCUT2D eigenvalue weighted by atomic mass is 10.0. The van der Waals surface area contributed by atoms with Gasteiger partial charge in [0.05, 0.1) is 7.11 Å². The molecule has 0 radical (unpaired) electrons. The summed E-state index contributed by atoms with van der Waals surface area (Å²) in [4.78, 5) is 22.3. The molecule has 4 heteroatoms. The maximum absolute atomic E-state index is 11.4. The van der Waals surface area contributed by atoms with E-state index in [9.17, 15) is 14.7 Å². The van der Waals surface area contributed by atoms with Crippen molar-refractivity contribution < 1.29 is 19.4 Å². The molecule has 0 aromatic heterocycles. The first-order valence-corrected chi connectivity index (χ1v) is 7.42. The lowest BCUT2D eigenvalue weighted by Gasteiger charge is -2.07. The molecule has 0 bridgehead atoms. The summed E-state index contributed by atoms with van der Waals surface area (Å²) in [5.74, 6) is -1.30. The number of aliphatic hydroxyl groups excluding tert-OH is 1. The van der Waals surface area contributed by atoms with E-state index in [1.54, 1.807) is 0 Å². The lowest BCUT2D eigenvalue weighted by Crippen LogP contribution is -2.30. The van der Waals surface area contributed by atoms with Gasteiger partial charge in [-0.05, 0) is 6.42 Å². The number of esters is 1. The summed E-state index contributed by atoms with van der Waals surface area (Å²) in [6, 6.07) is 0. The molecule has 0 aliphatic carbocycles. The highest BCUT2D eigenvalue weighted by Gasteiger charge is 2.23. The van der Waals surface area contributed by atoms with Crippen LogP contribution in [-0.4, -0.2) is 30.1 Å². The first-order chi connectivity index (χ1) is 9.13. The fourth-order valence-corrected chi connectivity index (χ4v) is 1.99. The number of unbranched alkanes of at least 4 members (excludes halogenated alkanes) is 8. The fraction of sp³-hybridized carbons (Fsp3) is 0.867. The van der Waals surface area contributed by atoms with Crippen LogP contribution in [0.15, 0.2) is 0 Å². The molecule has 0 aliphatic heterocycles. The number of Topliss-reactive ketones (excluding diaryl/α,β-unsaturated/α-hetero) is 1. The number of ether oxygens (including phenoxy) is 1. The molecule has 0 spiro atoms. The van der Waals surface area contributed by atoms with Crippen molar-refractivity contribution in [1.82, 2.24) is 0 Å². The largest absolute Gasteiger partial charge is 0.467 e. The molecular formula is C15H28O4. The Bertz CT molecular complexity index is 251. The van der Waals surface area contributed by atoms with Crippen LogP contribution in [0.2, 0.25) is 0 Å². The SMILES string of the molecule is CCCCCCCCCCCC(=O)C(O)C(=O)OC. The topological polar surface area (TPSA) is 63.6 Å². The molecule has 0 heterocycles. The zero-order valence-electron chi connectivity index (χ0n) is 12.3. The second-order valence-corrected chi connectivity index (χ2v) is 4.97. The van der Waals surface area contributed by atoms with Gasteiger partial charge < -0.3 is 9.84 Å². The van der Waals surface area contributed by atoms with Crippen LogP contribution in [0.25, 0.3) is 0 Å². The summed E-state index contributed by atoms with van der Waals surface area (Å²) in [6.07, 6.45) is 9.17. The van der Waals surface area contributed by atoms with Crippen LogP contribution in [0, 0.1) is 0 Å². The molecule has 1 N–H and O–H groups in total. The first kappa shape index (κ1) is 18.1. The third-order valence-corrected chi connectivity index (χ3v) is 3.26. The second-order valence-electron chi connectivity index (χ2n) is 4.97. The molecular weight excluding hydrogens is 244 g/mol. The van der Waals surface area contributed by atoms with Crippen LogP contribution >= 0.6 is 0 Å². The van der Waals surface area contributed by atoms with Crippen molar-refractivity contribution in [3.63, 3.8) is 0 Å². The van der Waals surface area contributed by atoms with Gasteiger partial charge in [0, 0.05) is 6.42 Å². The maximum atomic E-state index is 11.4. The molecule has 0 aromatic rings. The van der Waals surface area contributed by atoms with Crippen molar-refractivity contribution >= 4 is 11.8 Å². The number of rotatable bonds is 12. The average Bonchev–Trinajstić information content (AvgIpc) is 2.43. The molecule has 0 aromatic carbocycles. The zero-order chi connectivity index (χ0) is 14.5. The summed E-state index contributed by atoms with van der Waals surface area (Å²) in [5.41, 5.74) is 0. The van der Waals surface area contributed by atoms with Crippen LogP contribution in [0.1, 0.15) is 71.1 Å². The number of aliphatic hydroxyl groups is 1. The van der Waals surface area contributed by atoms with Gasteiger partial charge in [-0.1, -0.05) is 58.3 Å². The monoisotopic (exact) mass is 272 g/mol. The average molecular weight is 272 g/mol. The lowest BCUT2D eigenvalue weighted by molar-refractivity contribution is -0.155. The summed E-state index contributed by atoms with van der Waals surface area (Å²) in [7, 11) is 1.16. The molecule has 0 rings (SSSR count). The van der Waals surface area contributed by atoms with Gasteiger partial charge in [-0.25, -0.2) is 4.79 Å². The van der Waals surface area contributed by atoms with Crippen LogP contribution < -0.4 is 0 Å².